The molecule has 3 rings (SSSR count). The number of hydrogen-bond acceptors (Lipinski definition) is 4. The minimum Gasteiger partial charge on any atom is -0.491 e. The lowest BCUT2D eigenvalue weighted by molar-refractivity contribution is 0.0663. The smallest absolute Gasteiger partial charge is 0.119 e. The van der Waals surface area contributed by atoms with Gasteiger partial charge in [0.1, 0.15) is 18.5 Å². The van der Waals surface area contributed by atoms with Crippen molar-refractivity contribution in [2.75, 3.05) is 44.2 Å². The molecular formula is C20H25ClN2O2. The molecule has 1 fully saturated rings. The first-order valence-electron chi connectivity index (χ1n) is 8.71. The number of rotatable bonds is 6. The Morgan fingerprint density at radius 3 is 2.52 bits per heavy atom. The number of para-hydroxylation sites is 1. The van der Waals surface area contributed by atoms with E-state index in [1.165, 1.54) is 11.3 Å². The van der Waals surface area contributed by atoms with Gasteiger partial charge in [-0.2, -0.15) is 0 Å². The molecule has 1 N–H and O–H groups in total. The van der Waals surface area contributed by atoms with Crippen LogP contribution in [0.3, 0.4) is 0 Å². The SMILES string of the molecule is Cc1ccc(Cl)cc1N1CCN(C[C@@H](O)COc2ccccc2)CC1. The van der Waals surface area contributed by atoms with Crippen molar-refractivity contribution in [3.8, 4) is 5.75 Å². The van der Waals surface area contributed by atoms with E-state index in [2.05, 4.69) is 22.8 Å². The monoisotopic (exact) mass is 360 g/mol. The van der Waals surface area contributed by atoms with Gasteiger partial charge in [0.25, 0.3) is 0 Å². The molecule has 1 aliphatic heterocycles. The quantitative estimate of drug-likeness (QED) is 0.858. The predicted octanol–water partition coefficient (Wildman–Crippen LogP) is 3.21. The van der Waals surface area contributed by atoms with Gasteiger partial charge in [-0.05, 0) is 36.8 Å². The highest BCUT2D eigenvalue weighted by Crippen LogP contribution is 2.25. The number of aryl methyl sites for hydroxylation is 1. The highest BCUT2D eigenvalue weighted by Gasteiger charge is 2.20. The molecule has 0 amide bonds. The Morgan fingerprint density at radius 2 is 1.80 bits per heavy atom. The fourth-order valence-corrected chi connectivity index (χ4v) is 3.32. The Morgan fingerprint density at radius 1 is 1.08 bits per heavy atom. The second-order valence-corrected chi connectivity index (χ2v) is 6.93. The van der Waals surface area contributed by atoms with E-state index < -0.39 is 6.10 Å². The molecule has 0 spiro atoms. The molecule has 2 aromatic rings. The van der Waals surface area contributed by atoms with Crippen LogP contribution in [-0.2, 0) is 0 Å². The number of ether oxygens (including phenoxy) is 1. The number of anilines is 1. The molecule has 1 atom stereocenters. The number of aliphatic hydroxyl groups is 1. The fraction of sp³-hybridized carbons (Fsp3) is 0.400. The van der Waals surface area contributed by atoms with Gasteiger partial charge >= 0.3 is 0 Å². The van der Waals surface area contributed by atoms with Crippen LogP contribution in [0.25, 0.3) is 0 Å². The van der Waals surface area contributed by atoms with Gasteiger partial charge in [0.15, 0.2) is 0 Å². The average Bonchev–Trinajstić information content (AvgIpc) is 2.64. The molecule has 0 bridgehead atoms. The molecule has 0 aliphatic carbocycles. The van der Waals surface area contributed by atoms with Gasteiger partial charge < -0.3 is 14.7 Å². The highest BCUT2D eigenvalue weighted by molar-refractivity contribution is 6.30. The van der Waals surface area contributed by atoms with Crippen molar-refractivity contribution < 1.29 is 9.84 Å². The number of halogens is 1. The molecule has 0 aromatic heterocycles. The van der Waals surface area contributed by atoms with Crippen molar-refractivity contribution in [2.45, 2.75) is 13.0 Å². The molecule has 25 heavy (non-hydrogen) atoms. The summed E-state index contributed by atoms with van der Waals surface area (Å²) < 4.78 is 5.63. The molecule has 0 radical (unpaired) electrons. The van der Waals surface area contributed by atoms with Crippen LogP contribution in [0.4, 0.5) is 5.69 Å². The number of β-amino-alcohol motifs (C(OH)–C–C–N with tert-alkyl or cyclic N) is 1. The Hall–Kier alpha value is -1.75. The Balaban J connectivity index is 1.45. The number of nitrogens with zero attached hydrogens (tertiary/aromatic N) is 2. The van der Waals surface area contributed by atoms with Crippen LogP contribution in [0.2, 0.25) is 5.02 Å². The summed E-state index contributed by atoms with van der Waals surface area (Å²) in [5.41, 5.74) is 2.45. The van der Waals surface area contributed by atoms with Gasteiger partial charge in [0, 0.05) is 43.4 Å². The topological polar surface area (TPSA) is 35.9 Å². The molecule has 0 unspecified atom stereocenters. The summed E-state index contributed by atoms with van der Waals surface area (Å²) in [4.78, 5) is 4.65. The Bertz CT molecular complexity index is 673. The van der Waals surface area contributed by atoms with Crippen LogP contribution in [0.15, 0.2) is 48.5 Å². The van der Waals surface area contributed by atoms with Gasteiger partial charge in [-0.25, -0.2) is 0 Å². The molecule has 4 nitrogen and oxygen atoms in total. The lowest BCUT2D eigenvalue weighted by atomic mass is 10.1. The van der Waals surface area contributed by atoms with E-state index in [0.717, 1.165) is 37.0 Å². The summed E-state index contributed by atoms with van der Waals surface area (Å²) in [6.07, 6.45) is -0.486. The molecule has 5 heteroatoms. The van der Waals surface area contributed by atoms with Crippen molar-refractivity contribution in [3.05, 3.63) is 59.1 Å². The predicted molar refractivity (Wildman–Crippen MR) is 103 cm³/mol. The molecule has 134 valence electrons. The van der Waals surface area contributed by atoms with Crippen LogP contribution < -0.4 is 9.64 Å². The first-order valence-corrected chi connectivity index (χ1v) is 9.09. The van der Waals surface area contributed by atoms with Crippen molar-refractivity contribution in [3.63, 3.8) is 0 Å². The number of aliphatic hydroxyl groups excluding tert-OH is 1. The van der Waals surface area contributed by atoms with E-state index in [4.69, 9.17) is 16.3 Å². The van der Waals surface area contributed by atoms with E-state index >= 15 is 0 Å². The zero-order valence-corrected chi connectivity index (χ0v) is 15.3. The lowest BCUT2D eigenvalue weighted by Crippen LogP contribution is -2.49. The van der Waals surface area contributed by atoms with E-state index in [1.807, 2.05) is 42.5 Å². The van der Waals surface area contributed by atoms with Gasteiger partial charge in [-0.3, -0.25) is 4.90 Å². The largest absolute Gasteiger partial charge is 0.491 e. The summed E-state index contributed by atoms with van der Waals surface area (Å²) in [6.45, 7) is 6.79. The van der Waals surface area contributed by atoms with Crippen molar-refractivity contribution in [1.29, 1.82) is 0 Å². The minimum atomic E-state index is -0.486. The third kappa shape index (κ3) is 5.11. The lowest BCUT2D eigenvalue weighted by Gasteiger charge is -2.37. The third-order valence-electron chi connectivity index (χ3n) is 4.54. The van der Waals surface area contributed by atoms with Crippen LogP contribution in [0.1, 0.15) is 5.56 Å². The second-order valence-electron chi connectivity index (χ2n) is 6.50. The summed E-state index contributed by atoms with van der Waals surface area (Å²) >= 11 is 6.13. The maximum atomic E-state index is 10.2. The zero-order chi connectivity index (χ0) is 17.6. The molecule has 1 saturated heterocycles. The molecule has 1 aliphatic rings. The fourth-order valence-electron chi connectivity index (χ4n) is 3.15. The standard InChI is InChI=1S/C20H25ClN2O2/c1-16-7-8-17(21)13-20(16)23-11-9-22(10-12-23)14-18(24)15-25-19-5-3-2-4-6-19/h2-8,13,18,24H,9-12,14-15H2,1H3/t18-/m1/s1. The normalized spacial score (nSPS) is 16.7. The van der Waals surface area contributed by atoms with E-state index in [1.54, 1.807) is 0 Å². The zero-order valence-electron chi connectivity index (χ0n) is 14.6. The van der Waals surface area contributed by atoms with Gasteiger partial charge in [-0.1, -0.05) is 35.9 Å². The second kappa shape index (κ2) is 8.56. The van der Waals surface area contributed by atoms with E-state index in [0.29, 0.717) is 13.2 Å². The van der Waals surface area contributed by atoms with Crippen molar-refractivity contribution in [2.24, 2.45) is 0 Å². The van der Waals surface area contributed by atoms with E-state index in [9.17, 15) is 5.11 Å². The van der Waals surface area contributed by atoms with Crippen molar-refractivity contribution >= 4 is 17.3 Å². The van der Waals surface area contributed by atoms with Crippen LogP contribution in [0, 0.1) is 6.92 Å². The summed E-state index contributed by atoms with van der Waals surface area (Å²) in [5, 5.41) is 11.0. The molecule has 2 aromatic carbocycles. The Labute approximate surface area is 154 Å². The summed E-state index contributed by atoms with van der Waals surface area (Å²) in [7, 11) is 0. The van der Waals surface area contributed by atoms with Crippen LogP contribution in [0.5, 0.6) is 5.75 Å². The van der Waals surface area contributed by atoms with Gasteiger partial charge in [0.05, 0.1) is 0 Å². The summed E-state index contributed by atoms with van der Waals surface area (Å²) in [6, 6.07) is 15.6. The Kier molecular flexibility index (Phi) is 6.19. The van der Waals surface area contributed by atoms with Crippen molar-refractivity contribution in [1.82, 2.24) is 4.90 Å². The average molecular weight is 361 g/mol. The minimum absolute atomic E-state index is 0.317. The van der Waals surface area contributed by atoms with E-state index in [-0.39, 0.29) is 0 Å². The van der Waals surface area contributed by atoms with Gasteiger partial charge in [0.2, 0.25) is 0 Å². The first kappa shape index (κ1) is 18.1. The van der Waals surface area contributed by atoms with Crippen LogP contribution in [-0.4, -0.2) is 55.4 Å². The molecular weight excluding hydrogens is 336 g/mol. The van der Waals surface area contributed by atoms with Crippen LogP contribution >= 0.6 is 11.6 Å². The number of hydrogen-bond donors (Lipinski definition) is 1. The first-order chi connectivity index (χ1) is 12.1. The summed E-state index contributed by atoms with van der Waals surface area (Å²) in [5.74, 6) is 0.794. The maximum Gasteiger partial charge on any atom is 0.119 e. The maximum absolute atomic E-state index is 10.2. The number of benzene rings is 2. The molecule has 1 heterocycles. The van der Waals surface area contributed by atoms with Gasteiger partial charge in [-0.15, -0.1) is 0 Å². The third-order valence-corrected chi connectivity index (χ3v) is 4.77. The number of piperazine rings is 1. The molecule has 0 saturated carbocycles. The highest BCUT2D eigenvalue weighted by atomic mass is 35.5.